The van der Waals surface area contributed by atoms with Crippen LogP contribution in [0.5, 0.6) is 0 Å². The monoisotopic (exact) mass is 397 g/mol. The fourth-order valence-electron chi connectivity index (χ4n) is 3.00. The smallest absolute Gasteiger partial charge is 0.273 e. The number of hydrogen-bond acceptors (Lipinski definition) is 5. The third-order valence-electron chi connectivity index (χ3n) is 4.75. The van der Waals surface area contributed by atoms with E-state index in [-0.39, 0.29) is 17.4 Å². The van der Waals surface area contributed by atoms with E-state index in [0.29, 0.717) is 18.0 Å². The van der Waals surface area contributed by atoms with Crippen LogP contribution in [0.4, 0.5) is 0 Å². The summed E-state index contributed by atoms with van der Waals surface area (Å²) in [5, 5.41) is 8.86. The Labute approximate surface area is 170 Å². The molecule has 0 fully saturated rings. The van der Waals surface area contributed by atoms with E-state index >= 15 is 0 Å². The van der Waals surface area contributed by atoms with Crippen molar-refractivity contribution in [3.8, 4) is 10.6 Å². The number of amides is 1. The number of likely N-dealkylation sites (N-methyl/N-ethyl adjacent to an activating group) is 1. The Kier molecular flexibility index (Phi) is 6.01. The molecule has 0 radical (unpaired) electrons. The number of nitrogens with one attached hydrogen (secondary N) is 1. The summed E-state index contributed by atoms with van der Waals surface area (Å²) < 4.78 is 5.30. The molecule has 0 saturated carbocycles. The lowest BCUT2D eigenvalue weighted by molar-refractivity contribution is 0.0933. The first-order valence-corrected chi connectivity index (χ1v) is 10.2. The van der Waals surface area contributed by atoms with E-state index < -0.39 is 0 Å². The van der Waals surface area contributed by atoms with E-state index in [1.165, 1.54) is 5.56 Å². The van der Waals surface area contributed by atoms with E-state index in [0.717, 1.165) is 10.4 Å². The molecule has 1 amide bonds. The number of benzene rings is 1. The Balaban J connectivity index is 1.67. The number of nitrogens with zero attached hydrogens (tertiary/aromatic N) is 2. The van der Waals surface area contributed by atoms with Gasteiger partial charge in [-0.15, -0.1) is 11.3 Å². The highest BCUT2D eigenvalue weighted by Crippen LogP contribution is 2.26. The summed E-state index contributed by atoms with van der Waals surface area (Å²) in [6.45, 7) is 7.10. The molecule has 2 heterocycles. The molecule has 5 nitrogen and oxygen atoms in total. The lowest BCUT2D eigenvalue weighted by Gasteiger charge is -2.26. The van der Waals surface area contributed by atoms with Gasteiger partial charge >= 0.3 is 0 Å². The zero-order valence-corrected chi connectivity index (χ0v) is 17.8. The van der Waals surface area contributed by atoms with Crippen LogP contribution < -0.4 is 5.32 Å². The Bertz CT molecular complexity index is 906. The summed E-state index contributed by atoms with van der Waals surface area (Å²) in [6.07, 6.45) is 0. The molecule has 1 N–H and O–H groups in total. The van der Waals surface area contributed by atoms with Gasteiger partial charge in [-0.1, -0.05) is 56.3 Å². The minimum atomic E-state index is -0.232. The van der Waals surface area contributed by atoms with Crippen molar-refractivity contribution in [2.75, 3.05) is 20.6 Å². The van der Waals surface area contributed by atoms with Crippen LogP contribution in [0.25, 0.3) is 10.6 Å². The number of carbonyl (C=O) groups excluding carboxylic acids is 1. The second-order valence-electron chi connectivity index (χ2n) is 8.12. The summed E-state index contributed by atoms with van der Waals surface area (Å²) in [5.41, 5.74) is 2.87. The summed E-state index contributed by atoms with van der Waals surface area (Å²) in [4.78, 5) is 15.6. The number of thiophene rings is 1. The molecule has 2 aromatic heterocycles. The van der Waals surface area contributed by atoms with Gasteiger partial charge in [-0.05, 0) is 42.1 Å². The van der Waals surface area contributed by atoms with Crippen molar-refractivity contribution in [2.45, 2.75) is 32.2 Å². The van der Waals surface area contributed by atoms with Gasteiger partial charge in [0.25, 0.3) is 5.91 Å². The lowest BCUT2D eigenvalue weighted by Crippen LogP contribution is -2.34. The predicted octanol–water partition coefficient (Wildman–Crippen LogP) is 4.73. The van der Waals surface area contributed by atoms with Crippen LogP contribution in [0.15, 0.2) is 52.4 Å². The lowest BCUT2D eigenvalue weighted by atomic mass is 9.86. The number of hydrogen-bond donors (Lipinski definition) is 1. The summed E-state index contributed by atoms with van der Waals surface area (Å²) in [6, 6.07) is 14.2. The Morgan fingerprint density at radius 2 is 1.93 bits per heavy atom. The highest BCUT2D eigenvalue weighted by atomic mass is 32.1. The van der Waals surface area contributed by atoms with E-state index in [9.17, 15) is 4.79 Å². The van der Waals surface area contributed by atoms with Crippen LogP contribution >= 0.6 is 11.3 Å². The average Bonchev–Trinajstić information content (AvgIpc) is 3.32. The number of aromatic nitrogens is 1. The Morgan fingerprint density at radius 1 is 1.21 bits per heavy atom. The van der Waals surface area contributed by atoms with E-state index in [4.69, 9.17) is 4.52 Å². The van der Waals surface area contributed by atoms with E-state index in [1.54, 1.807) is 17.4 Å². The molecule has 148 valence electrons. The third-order valence-corrected chi connectivity index (χ3v) is 5.63. The van der Waals surface area contributed by atoms with Crippen molar-refractivity contribution >= 4 is 17.2 Å². The van der Waals surface area contributed by atoms with E-state index in [2.05, 4.69) is 60.4 Å². The number of rotatable bonds is 6. The van der Waals surface area contributed by atoms with Crippen molar-refractivity contribution in [2.24, 2.45) is 0 Å². The van der Waals surface area contributed by atoms with Gasteiger partial charge in [-0.2, -0.15) is 0 Å². The van der Waals surface area contributed by atoms with Gasteiger partial charge in [-0.25, -0.2) is 0 Å². The van der Waals surface area contributed by atoms with Crippen molar-refractivity contribution in [3.05, 3.63) is 64.7 Å². The molecule has 0 bridgehead atoms. The predicted molar refractivity (Wildman–Crippen MR) is 114 cm³/mol. The zero-order valence-electron chi connectivity index (χ0n) is 17.0. The fraction of sp³-hybridized carbons (Fsp3) is 0.364. The van der Waals surface area contributed by atoms with Crippen molar-refractivity contribution < 1.29 is 9.32 Å². The molecule has 28 heavy (non-hydrogen) atoms. The molecule has 0 aliphatic heterocycles. The van der Waals surface area contributed by atoms with E-state index in [1.807, 2.05) is 31.6 Å². The van der Waals surface area contributed by atoms with Crippen LogP contribution in [0.3, 0.4) is 0 Å². The van der Waals surface area contributed by atoms with Crippen LogP contribution in [0.1, 0.15) is 48.4 Å². The van der Waals surface area contributed by atoms with Crippen LogP contribution in [-0.2, 0) is 5.41 Å². The van der Waals surface area contributed by atoms with Gasteiger partial charge in [-0.3, -0.25) is 4.79 Å². The van der Waals surface area contributed by atoms with Gasteiger partial charge in [0.05, 0.1) is 10.9 Å². The molecule has 0 unspecified atom stereocenters. The quantitative estimate of drug-likeness (QED) is 0.653. The second-order valence-corrected chi connectivity index (χ2v) is 9.06. The van der Waals surface area contributed by atoms with Crippen LogP contribution in [0, 0.1) is 0 Å². The molecule has 1 atom stereocenters. The van der Waals surface area contributed by atoms with Crippen molar-refractivity contribution in [1.82, 2.24) is 15.4 Å². The van der Waals surface area contributed by atoms with Gasteiger partial charge < -0.3 is 14.7 Å². The molecular weight excluding hydrogens is 370 g/mol. The molecular formula is C22H27N3O2S. The normalized spacial score (nSPS) is 12.9. The van der Waals surface area contributed by atoms with Gasteiger partial charge in [0, 0.05) is 12.6 Å². The minimum Gasteiger partial charge on any atom is -0.355 e. The Morgan fingerprint density at radius 3 is 2.50 bits per heavy atom. The molecule has 3 rings (SSSR count). The molecule has 1 aromatic carbocycles. The highest BCUT2D eigenvalue weighted by Gasteiger charge is 2.20. The van der Waals surface area contributed by atoms with Gasteiger partial charge in [0.1, 0.15) is 0 Å². The molecule has 3 aromatic rings. The number of carbonyl (C=O) groups is 1. The molecule has 0 saturated heterocycles. The molecule has 6 heteroatoms. The molecule has 0 aliphatic rings. The van der Waals surface area contributed by atoms with Crippen LogP contribution in [-0.4, -0.2) is 36.6 Å². The third kappa shape index (κ3) is 4.69. The average molecular weight is 398 g/mol. The maximum absolute atomic E-state index is 12.5. The highest BCUT2D eigenvalue weighted by molar-refractivity contribution is 7.13. The maximum Gasteiger partial charge on any atom is 0.273 e. The second kappa shape index (κ2) is 8.29. The zero-order chi connectivity index (χ0) is 20.3. The van der Waals surface area contributed by atoms with Crippen LogP contribution in [0.2, 0.25) is 0 Å². The van der Waals surface area contributed by atoms with Gasteiger partial charge in [0.15, 0.2) is 11.5 Å². The minimum absolute atomic E-state index is 0.0710. The van der Waals surface area contributed by atoms with Crippen molar-refractivity contribution in [1.29, 1.82) is 0 Å². The molecule has 0 spiro atoms. The van der Waals surface area contributed by atoms with Gasteiger partial charge in [0.2, 0.25) is 0 Å². The summed E-state index contributed by atoms with van der Waals surface area (Å²) in [5.74, 6) is 0.381. The first-order chi connectivity index (χ1) is 13.3. The molecule has 0 aliphatic carbocycles. The maximum atomic E-state index is 12.5. The summed E-state index contributed by atoms with van der Waals surface area (Å²) in [7, 11) is 4.03. The summed E-state index contributed by atoms with van der Waals surface area (Å²) >= 11 is 1.55. The van der Waals surface area contributed by atoms with Crippen molar-refractivity contribution in [3.63, 3.8) is 0 Å². The topological polar surface area (TPSA) is 58.4 Å². The first kappa shape index (κ1) is 20.3. The first-order valence-electron chi connectivity index (χ1n) is 9.31. The Hall–Kier alpha value is -2.44. The largest absolute Gasteiger partial charge is 0.355 e. The fourth-order valence-corrected chi connectivity index (χ4v) is 3.67. The standard InChI is InChI=1S/C22H27N3O2S/c1-22(2,3)16-10-8-15(9-11-16)18(25(4)5)14-23-21(26)17-13-19(27-24-17)20-7-6-12-28-20/h6-13,18H,14H2,1-5H3,(H,23,26)/t18-/m0/s1. The SMILES string of the molecule is CN(C)[C@@H](CNC(=O)c1cc(-c2cccs2)on1)c1ccc(C(C)(C)C)cc1.